The van der Waals surface area contributed by atoms with Crippen molar-refractivity contribution in [3.8, 4) is 11.8 Å². The number of carbonyl (C=O) groups excluding carboxylic acids is 1. The van der Waals surface area contributed by atoms with Crippen LogP contribution in [-0.4, -0.2) is 13.0 Å². The molecule has 1 amide bonds. The summed E-state index contributed by atoms with van der Waals surface area (Å²) in [6, 6.07) is 10.9. The van der Waals surface area contributed by atoms with E-state index in [0.29, 0.717) is 5.76 Å². The number of aryl methyl sites for hydroxylation is 1. The Morgan fingerprint density at radius 3 is 2.86 bits per heavy atom. The van der Waals surface area contributed by atoms with Gasteiger partial charge in [0.2, 0.25) is 0 Å². The highest BCUT2D eigenvalue weighted by atomic mass is 16.5. The lowest BCUT2D eigenvalue weighted by molar-refractivity contribution is -0.117. The van der Waals surface area contributed by atoms with Crippen LogP contribution in [0.2, 0.25) is 0 Å². The van der Waals surface area contributed by atoms with Crippen molar-refractivity contribution in [2.24, 2.45) is 0 Å². The summed E-state index contributed by atoms with van der Waals surface area (Å²) in [4.78, 5) is 12.0. The molecule has 22 heavy (non-hydrogen) atoms. The number of ether oxygens (including phenoxy) is 1. The van der Waals surface area contributed by atoms with E-state index in [0.717, 1.165) is 16.9 Å². The van der Waals surface area contributed by atoms with Crippen molar-refractivity contribution in [2.45, 2.75) is 13.5 Å². The summed E-state index contributed by atoms with van der Waals surface area (Å²) < 4.78 is 10.3. The topological polar surface area (TPSA) is 75.3 Å². The van der Waals surface area contributed by atoms with Gasteiger partial charge in [-0.1, -0.05) is 6.07 Å². The zero-order valence-corrected chi connectivity index (χ0v) is 12.4. The molecule has 0 atom stereocenters. The number of hydrogen-bond acceptors (Lipinski definition) is 4. The lowest BCUT2D eigenvalue weighted by atomic mass is 10.1. The Hall–Kier alpha value is -3.00. The number of nitriles is 1. The second-order valence-corrected chi connectivity index (χ2v) is 4.65. The van der Waals surface area contributed by atoms with Crippen LogP contribution in [0.25, 0.3) is 6.08 Å². The maximum atomic E-state index is 12.0. The molecule has 0 unspecified atom stereocenters. The van der Waals surface area contributed by atoms with Gasteiger partial charge in [-0.15, -0.1) is 0 Å². The fourth-order valence-electron chi connectivity index (χ4n) is 1.92. The van der Waals surface area contributed by atoms with Crippen molar-refractivity contribution in [1.82, 2.24) is 5.32 Å². The predicted molar refractivity (Wildman–Crippen MR) is 81.9 cm³/mol. The van der Waals surface area contributed by atoms with Crippen molar-refractivity contribution in [2.75, 3.05) is 7.11 Å². The van der Waals surface area contributed by atoms with E-state index in [1.54, 1.807) is 31.4 Å². The van der Waals surface area contributed by atoms with E-state index in [1.807, 2.05) is 25.1 Å². The minimum absolute atomic E-state index is 0.0415. The minimum Gasteiger partial charge on any atom is -0.497 e. The van der Waals surface area contributed by atoms with Gasteiger partial charge < -0.3 is 14.5 Å². The number of furan rings is 1. The van der Waals surface area contributed by atoms with Crippen LogP contribution >= 0.6 is 0 Å². The Morgan fingerprint density at radius 2 is 2.27 bits per heavy atom. The summed E-state index contributed by atoms with van der Waals surface area (Å²) in [5.74, 6) is 0.927. The van der Waals surface area contributed by atoms with Gasteiger partial charge in [-0.3, -0.25) is 4.79 Å². The first-order valence-electron chi connectivity index (χ1n) is 6.71. The maximum absolute atomic E-state index is 12.0. The highest BCUT2D eigenvalue weighted by Gasteiger charge is 2.10. The standard InChI is InChI=1S/C17H16N2O3/c1-12-8-15(21-2)6-5-13(12)9-14(10-18)17(20)19-11-16-4-3-7-22-16/h3-9H,11H2,1-2H3,(H,19,20)/b14-9-. The van der Waals surface area contributed by atoms with Gasteiger partial charge in [-0.2, -0.15) is 5.26 Å². The minimum atomic E-state index is -0.436. The van der Waals surface area contributed by atoms with Crippen molar-refractivity contribution in [3.63, 3.8) is 0 Å². The zero-order valence-electron chi connectivity index (χ0n) is 12.4. The average molecular weight is 296 g/mol. The van der Waals surface area contributed by atoms with Crippen LogP contribution in [0.4, 0.5) is 0 Å². The second-order valence-electron chi connectivity index (χ2n) is 4.65. The van der Waals surface area contributed by atoms with E-state index in [2.05, 4.69) is 5.32 Å². The Balaban J connectivity index is 2.13. The number of methoxy groups -OCH3 is 1. The molecule has 0 saturated heterocycles. The molecule has 0 aliphatic rings. The van der Waals surface area contributed by atoms with E-state index >= 15 is 0 Å². The van der Waals surface area contributed by atoms with Gasteiger partial charge >= 0.3 is 0 Å². The van der Waals surface area contributed by atoms with Crippen LogP contribution in [0.3, 0.4) is 0 Å². The van der Waals surface area contributed by atoms with Crippen LogP contribution in [0.5, 0.6) is 5.75 Å². The third kappa shape index (κ3) is 3.76. The van der Waals surface area contributed by atoms with Gasteiger partial charge in [-0.05, 0) is 48.4 Å². The molecule has 1 heterocycles. The summed E-state index contributed by atoms with van der Waals surface area (Å²) >= 11 is 0. The van der Waals surface area contributed by atoms with Crippen LogP contribution in [0.15, 0.2) is 46.6 Å². The van der Waals surface area contributed by atoms with E-state index < -0.39 is 5.91 Å². The number of benzene rings is 1. The van der Waals surface area contributed by atoms with Gasteiger partial charge in [0.25, 0.3) is 5.91 Å². The summed E-state index contributed by atoms with van der Waals surface area (Å²) in [5.41, 5.74) is 1.76. The van der Waals surface area contributed by atoms with E-state index in [9.17, 15) is 10.1 Å². The van der Waals surface area contributed by atoms with E-state index in [-0.39, 0.29) is 12.1 Å². The number of hydrogen-bond donors (Lipinski definition) is 1. The summed E-state index contributed by atoms with van der Waals surface area (Å²) in [5, 5.41) is 11.8. The molecule has 2 aromatic rings. The Labute approximate surface area is 128 Å². The van der Waals surface area contributed by atoms with Crippen molar-refractivity contribution < 1.29 is 13.9 Å². The summed E-state index contributed by atoms with van der Waals surface area (Å²) in [6.45, 7) is 2.14. The van der Waals surface area contributed by atoms with E-state index in [4.69, 9.17) is 9.15 Å². The van der Waals surface area contributed by atoms with E-state index in [1.165, 1.54) is 6.26 Å². The second kappa shape index (κ2) is 7.14. The molecule has 0 spiro atoms. The normalized spacial score (nSPS) is 10.9. The first-order valence-corrected chi connectivity index (χ1v) is 6.71. The molecule has 0 bridgehead atoms. The van der Waals surface area contributed by atoms with Crippen LogP contribution < -0.4 is 10.1 Å². The molecular weight excluding hydrogens is 280 g/mol. The first kappa shape index (κ1) is 15.4. The molecule has 1 N–H and O–H groups in total. The first-order chi connectivity index (χ1) is 10.6. The monoisotopic (exact) mass is 296 g/mol. The molecule has 5 nitrogen and oxygen atoms in total. The zero-order chi connectivity index (χ0) is 15.9. The Kier molecular flexibility index (Phi) is 4.99. The Bertz CT molecular complexity index is 725. The third-order valence-corrected chi connectivity index (χ3v) is 3.15. The maximum Gasteiger partial charge on any atom is 0.262 e. The molecule has 5 heteroatoms. The molecular formula is C17H16N2O3. The van der Waals surface area contributed by atoms with Crippen molar-refractivity contribution in [3.05, 3.63) is 59.1 Å². The number of amides is 1. The summed E-state index contributed by atoms with van der Waals surface area (Å²) in [7, 11) is 1.59. The lowest BCUT2D eigenvalue weighted by Gasteiger charge is -2.06. The highest BCUT2D eigenvalue weighted by molar-refractivity contribution is 6.01. The van der Waals surface area contributed by atoms with Crippen molar-refractivity contribution in [1.29, 1.82) is 5.26 Å². The third-order valence-electron chi connectivity index (χ3n) is 3.15. The van der Waals surface area contributed by atoms with Gasteiger partial charge in [-0.25, -0.2) is 0 Å². The summed E-state index contributed by atoms with van der Waals surface area (Å²) in [6.07, 6.45) is 3.09. The lowest BCUT2D eigenvalue weighted by Crippen LogP contribution is -2.23. The van der Waals surface area contributed by atoms with Crippen molar-refractivity contribution >= 4 is 12.0 Å². The quantitative estimate of drug-likeness (QED) is 0.680. The Morgan fingerprint density at radius 1 is 1.45 bits per heavy atom. The number of rotatable bonds is 5. The SMILES string of the molecule is COc1ccc(/C=C(/C#N)C(=O)NCc2ccco2)c(C)c1. The molecule has 112 valence electrons. The molecule has 0 saturated carbocycles. The van der Waals surface area contributed by atoms with Gasteiger partial charge in [0.05, 0.1) is 19.9 Å². The molecule has 2 rings (SSSR count). The largest absolute Gasteiger partial charge is 0.497 e. The smallest absolute Gasteiger partial charge is 0.262 e. The highest BCUT2D eigenvalue weighted by Crippen LogP contribution is 2.19. The van der Waals surface area contributed by atoms with Gasteiger partial charge in [0.1, 0.15) is 23.2 Å². The fraction of sp³-hybridized carbons (Fsp3) is 0.176. The molecule has 1 aromatic heterocycles. The average Bonchev–Trinajstić information content (AvgIpc) is 3.04. The molecule has 1 aromatic carbocycles. The predicted octanol–water partition coefficient (Wildman–Crippen LogP) is 2.82. The molecule has 0 aliphatic heterocycles. The van der Waals surface area contributed by atoms with Gasteiger partial charge in [0, 0.05) is 0 Å². The molecule has 0 fully saturated rings. The van der Waals surface area contributed by atoms with Crippen LogP contribution in [0, 0.1) is 18.3 Å². The van der Waals surface area contributed by atoms with Crippen LogP contribution in [0.1, 0.15) is 16.9 Å². The molecule has 0 radical (unpaired) electrons. The molecule has 0 aliphatic carbocycles. The van der Waals surface area contributed by atoms with Gasteiger partial charge in [0.15, 0.2) is 0 Å². The fourth-order valence-corrected chi connectivity index (χ4v) is 1.92. The number of carbonyl (C=O) groups is 1. The van der Waals surface area contributed by atoms with Crippen LogP contribution in [-0.2, 0) is 11.3 Å². The number of nitrogens with zero attached hydrogens (tertiary/aromatic N) is 1. The number of nitrogens with one attached hydrogen (secondary N) is 1.